The number of rotatable bonds is 6. The van der Waals surface area contributed by atoms with Gasteiger partial charge in [-0.15, -0.1) is 0 Å². The third-order valence-electron chi connectivity index (χ3n) is 5.92. The lowest BCUT2D eigenvalue weighted by Gasteiger charge is -2.28. The molecule has 4 rings (SSSR count). The molecule has 32 heavy (non-hydrogen) atoms. The van der Waals surface area contributed by atoms with Gasteiger partial charge in [-0.2, -0.15) is 5.10 Å². The third kappa shape index (κ3) is 4.90. The van der Waals surface area contributed by atoms with Crippen LogP contribution in [-0.2, 0) is 12.0 Å². The predicted octanol–water partition coefficient (Wildman–Crippen LogP) is 4.27. The molecule has 0 atom stereocenters. The first-order valence-corrected chi connectivity index (χ1v) is 12.5. The van der Waals surface area contributed by atoms with Gasteiger partial charge in [0.15, 0.2) is 10.8 Å². The molecule has 0 unspecified atom stereocenters. The minimum absolute atomic E-state index is 0.0701. The molecule has 7 nitrogen and oxygen atoms in total. The predicted molar refractivity (Wildman–Crippen MR) is 131 cm³/mol. The van der Waals surface area contributed by atoms with E-state index in [-0.39, 0.29) is 11.3 Å². The number of hydrogen-bond acceptors (Lipinski definition) is 6. The van der Waals surface area contributed by atoms with E-state index in [4.69, 9.17) is 9.97 Å². The monoisotopic (exact) mass is 452 g/mol. The fourth-order valence-corrected chi connectivity index (χ4v) is 4.38. The lowest BCUT2D eigenvalue weighted by molar-refractivity contribution is 0.0952. The van der Waals surface area contributed by atoms with E-state index < -0.39 is 0 Å². The minimum Gasteiger partial charge on any atom is -0.356 e. The van der Waals surface area contributed by atoms with Gasteiger partial charge in [-0.05, 0) is 48.6 Å². The summed E-state index contributed by atoms with van der Waals surface area (Å²) in [5.74, 6) is 0.906. The van der Waals surface area contributed by atoms with E-state index in [0.29, 0.717) is 18.7 Å². The van der Waals surface area contributed by atoms with Gasteiger partial charge in [0.2, 0.25) is 0 Å². The van der Waals surface area contributed by atoms with Crippen molar-refractivity contribution in [3.63, 3.8) is 0 Å². The van der Waals surface area contributed by atoms with Crippen molar-refractivity contribution >= 4 is 34.5 Å². The largest absolute Gasteiger partial charge is 0.356 e. The highest BCUT2D eigenvalue weighted by Gasteiger charge is 2.20. The number of carbonyl (C=O) groups is 1. The number of anilines is 1. The summed E-state index contributed by atoms with van der Waals surface area (Å²) in [6.07, 6.45) is 7.51. The molecular formula is C24H32N6OS. The van der Waals surface area contributed by atoms with Gasteiger partial charge in [0, 0.05) is 25.2 Å². The Bertz CT molecular complexity index is 1080. The number of fused-ring (bicyclic) bond motifs is 1. The molecule has 2 aromatic heterocycles. The summed E-state index contributed by atoms with van der Waals surface area (Å²) in [6.45, 7) is 9.58. The maximum atomic E-state index is 12.6. The second-order valence-corrected chi connectivity index (χ2v) is 10.0. The zero-order chi connectivity index (χ0) is 22.7. The summed E-state index contributed by atoms with van der Waals surface area (Å²) >= 11 is 1.54. The van der Waals surface area contributed by atoms with E-state index in [1.165, 1.54) is 24.8 Å². The SMILES string of the molecule is CSc1nc(N2CCCCC2)c2cnn(CCNC(=O)c3ccc(C(C)(C)C)cc3)c2n1. The van der Waals surface area contributed by atoms with E-state index in [1.807, 2.05) is 41.4 Å². The molecule has 3 heterocycles. The smallest absolute Gasteiger partial charge is 0.251 e. The van der Waals surface area contributed by atoms with E-state index in [2.05, 4.69) is 36.1 Å². The van der Waals surface area contributed by atoms with Crippen LogP contribution in [0.5, 0.6) is 0 Å². The lowest BCUT2D eigenvalue weighted by Crippen LogP contribution is -2.30. The van der Waals surface area contributed by atoms with Crippen LogP contribution in [0.3, 0.4) is 0 Å². The Balaban J connectivity index is 1.46. The molecule has 1 aromatic carbocycles. The molecule has 1 aliphatic rings. The van der Waals surface area contributed by atoms with Crippen LogP contribution in [0, 0.1) is 0 Å². The van der Waals surface area contributed by atoms with Gasteiger partial charge >= 0.3 is 0 Å². The molecule has 3 aromatic rings. The van der Waals surface area contributed by atoms with E-state index in [0.717, 1.165) is 35.1 Å². The van der Waals surface area contributed by atoms with Crippen LogP contribution in [0.1, 0.15) is 56.0 Å². The highest BCUT2D eigenvalue weighted by molar-refractivity contribution is 7.98. The van der Waals surface area contributed by atoms with Crippen LogP contribution in [0.2, 0.25) is 0 Å². The lowest BCUT2D eigenvalue weighted by atomic mass is 9.87. The summed E-state index contributed by atoms with van der Waals surface area (Å²) < 4.78 is 1.87. The van der Waals surface area contributed by atoms with Crippen LogP contribution in [0.4, 0.5) is 5.82 Å². The molecule has 170 valence electrons. The van der Waals surface area contributed by atoms with Gasteiger partial charge in [-0.1, -0.05) is 44.7 Å². The molecule has 1 fully saturated rings. The van der Waals surface area contributed by atoms with Crippen LogP contribution in [0.15, 0.2) is 35.6 Å². The third-order valence-corrected chi connectivity index (χ3v) is 6.46. The Morgan fingerprint density at radius 2 is 1.81 bits per heavy atom. The topological polar surface area (TPSA) is 75.9 Å². The van der Waals surface area contributed by atoms with Crippen LogP contribution in [-0.4, -0.2) is 51.5 Å². The Morgan fingerprint density at radius 1 is 1.09 bits per heavy atom. The van der Waals surface area contributed by atoms with Crippen molar-refractivity contribution < 1.29 is 4.79 Å². The van der Waals surface area contributed by atoms with Crippen molar-refractivity contribution in [1.82, 2.24) is 25.1 Å². The standard InChI is InChI=1S/C24H32N6OS/c1-24(2,3)18-10-8-17(9-11-18)22(31)25-12-15-30-21-19(16-26-30)20(27-23(28-21)32-4)29-13-6-5-7-14-29/h8-11,16H,5-7,12-15H2,1-4H3,(H,25,31). The molecule has 1 amide bonds. The number of nitrogens with one attached hydrogen (secondary N) is 1. The minimum atomic E-state index is -0.0737. The van der Waals surface area contributed by atoms with Gasteiger partial charge in [0.1, 0.15) is 5.82 Å². The molecule has 0 bridgehead atoms. The van der Waals surface area contributed by atoms with Crippen molar-refractivity contribution in [2.75, 3.05) is 30.8 Å². The molecule has 1 N–H and O–H groups in total. The summed E-state index contributed by atoms with van der Waals surface area (Å²) in [4.78, 5) is 24.4. The van der Waals surface area contributed by atoms with Gasteiger partial charge in [0.05, 0.1) is 18.1 Å². The van der Waals surface area contributed by atoms with Gasteiger partial charge < -0.3 is 10.2 Å². The first-order valence-electron chi connectivity index (χ1n) is 11.3. The van der Waals surface area contributed by atoms with E-state index in [1.54, 1.807) is 11.8 Å². The number of nitrogens with zero attached hydrogens (tertiary/aromatic N) is 5. The Labute approximate surface area is 194 Å². The maximum absolute atomic E-state index is 12.6. The second kappa shape index (κ2) is 9.48. The average Bonchev–Trinajstić information content (AvgIpc) is 3.21. The second-order valence-electron chi connectivity index (χ2n) is 9.27. The fraction of sp³-hybridized carbons (Fsp3) is 0.500. The molecule has 0 radical (unpaired) electrons. The summed E-state index contributed by atoms with van der Waals surface area (Å²) in [5.41, 5.74) is 2.78. The average molecular weight is 453 g/mol. The first kappa shape index (κ1) is 22.6. The summed E-state index contributed by atoms with van der Waals surface area (Å²) in [6, 6.07) is 7.84. The Morgan fingerprint density at radius 3 is 2.47 bits per heavy atom. The van der Waals surface area contributed by atoms with Crippen molar-refractivity contribution in [2.45, 2.75) is 57.1 Å². The van der Waals surface area contributed by atoms with Crippen LogP contribution >= 0.6 is 11.8 Å². The zero-order valence-electron chi connectivity index (χ0n) is 19.4. The van der Waals surface area contributed by atoms with Gasteiger partial charge in [-0.3, -0.25) is 4.79 Å². The fourth-order valence-electron chi connectivity index (χ4n) is 4.02. The van der Waals surface area contributed by atoms with E-state index in [9.17, 15) is 4.79 Å². The highest BCUT2D eigenvalue weighted by Crippen LogP contribution is 2.28. The number of thioether (sulfide) groups is 1. The van der Waals surface area contributed by atoms with Crippen molar-refractivity contribution in [2.24, 2.45) is 0 Å². The first-order chi connectivity index (χ1) is 15.4. The number of hydrogen-bond donors (Lipinski definition) is 1. The van der Waals surface area contributed by atoms with E-state index >= 15 is 0 Å². The van der Waals surface area contributed by atoms with Crippen molar-refractivity contribution in [1.29, 1.82) is 0 Å². The highest BCUT2D eigenvalue weighted by atomic mass is 32.2. The number of carbonyl (C=O) groups excluding carboxylic acids is 1. The van der Waals surface area contributed by atoms with Crippen LogP contribution < -0.4 is 10.2 Å². The molecular weight excluding hydrogens is 420 g/mol. The van der Waals surface area contributed by atoms with Gasteiger partial charge in [0.25, 0.3) is 5.91 Å². The number of aromatic nitrogens is 4. The Kier molecular flexibility index (Phi) is 6.69. The number of amides is 1. The summed E-state index contributed by atoms with van der Waals surface area (Å²) in [7, 11) is 0. The van der Waals surface area contributed by atoms with Gasteiger partial charge in [-0.25, -0.2) is 14.6 Å². The zero-order valence-corrected chi connectivity index (χ0v) is 20.2. The van der Waals surface area contributed by atoms with Crippen molar-refractivity contribution in [3.8, 4) is 0 Å². The molecule has 1 saturated heterocycles. The molecule has 0 spiro atoms. The quantitative estimate of drug-likeness (QED) is 0.445. The number of benzene rings is 1. The molecule has 0 aliphatic carbocycles. The molecule has 8 heteroatoms. The molecule has 1 aliphatic heterocycles. The summed E-state index contributed by atoms with van der Waals surface area (Å²) in [5, 5.41) is 9.30. The van der Waals surface area contributed by atoms with Crippen LogP contribution in [0.25, 0.3) is 11.0 Å². The maximum Gasteiger partial charge on any atom is 0.251 e. The number of piperidine rings is 1. The Hall–Kier alpha value is -2.61. The molecule has 0 saturated carbocycles. The van der Waals surface area contributed by atoms with Crippen molar-refractivity contribution in [3.05, 3.63) is 41.6 Å². The normalized spacial score (nSPS) is 14.7.